The van der Waals surface area contributed by atoms with Gasteiger partial charge in [-0.3, -0.25) is 9.69 Å². The Morgan fingerprint density at radius 3 is 2.81 bits per heavy atom. The van der Waals surface area contributed by atoms with Crippen molar-refractivity contribution in [2.24, 2.45) is 5.92 Å². The van der Waals surface area contributed by atoms with Crippen molar-refractivity contribution < 1.29 is 14.3 Å². The monoisotopic (exact) mass is 287 g/mol. The fraction of sp³-hybridized carbons (Fsp3) is 0.364. The number of carboxylic acid groups (broad SMARTS) is 1. The highest BCUT2D eigenvalue weighted by atomic mass is 79.9. The number of hydrogen-bond donors (Lipinski definition) is 1. The molecule has 1 N–H and O–H groups in total. The molecular formula is C11H11BrFNO2. The zero-order valence-electron chi connectivity index (χ0n) is 8.49. The third-order valence-electron chi connectivity index (χ3n) is 2.75. The highest BCUT2D eigenvalue weighted by Gasteiger charge is 2.32. The van der Waals surface area contributed by atoms with Crippen molar-refractivity contribution in [2.45, 2.75) is 6.54 Å². The molecule has 0 atom stereocenters. The second kappa shape index (κ2) is 4.51. The molecule has 0 unspecified atom stereocenters. The summed E-state index contributed by atoms with van der Waals surface area (Å²) in [6, 6.07) is 4.83. The predicted octanol–water partition coefficient (Wildman–Crippen LogP) is 2.10. The molecule has 3 nitrogen and oxygen atoms in total. The van der Waals surface area contributed by atoms with Crippen LogP contribution < -0.4 is 0 Å². The Kier molecular flexibility index (Phi) is 3.25. The summed E-state index contributed by atoms with van der Waals surface area (Å²) in [5.74, 6) is -1.33. The summed E-state index contributed by atoms with van der Waals surface area (Å²) >= 11 is 3.29. The van der Waals surface area contributed by atoms with Gasteiger partial charge in [0.1, 0.15) is 5.82 Å². The van der Waals surface area contributed by atoms with Gasteiger partial charge in [-0.05, 0) is 12.1 Å². The van der Waals surface area contributed by atoms with Crippen LogP contribution in [0.25, 0.3) is 0 Å². The smallest absolute Gasteiger partial charge is 0.309 e. The number of likely N-dealkylation sites (tertiary alicyclic amines) is 1. The molecule has 0 aliphatic carbocycles. The molecule has 0 saturated carbocycles. The number of rotatable bonds is 3. The molecule has 1 aromatic rings. The molecule has 0 bridgehead atoms. The third kappa shape index (κ3) is 2.25. The molecule has 1 aromatic carbocycles. The van der Waals surface area contributed by atoms with Crippen LogP contribution in [-0.2, 0) is 11.3 Å². The van der Waals surface area contributed by atoms with Gasteiger partial charge in [0.2, 0.25) is 0 Å². The Hall–Kier alpha value is -0.940. The molecule has 1 heterocycles. The Morgan fingerprint density at radius 2 is 2.25 bits per heavy atom. The molecule has 0 spiro atoms. The molecule has 0 aromatic heterocycles. The molecule has 16 heavy (non-hydrogen) atoms. The Morgan fingerprint density at radius 1 is 1.56 bits per heavy atom. The minimum absolute atomic E-state index is 0.256. The van der Waals surface area contributed by atoms with Crippen LogP contribution in [0, 0.1) is 11.7 Å². The third-order valence-corrected chi connectivity index (χ3v) is 3.49. The standard InChI is InChI=1S/C11H11BrFNO2/c12-9-2-1-3-10(13)8(9)6-14-4-7(5-14)11(15)16/h1-3,7H,4-6H2,(H,15,16). The van der Waals surface area contributed by atoms with E-state index in [-0.39, 0.29) is 11.7 Å². The molecule has 1 aliphatic rings. The van der Waals surface area contributed by atoms with Crippen LogP contribution in [0.2, 0.25) is 0 Å². The number of carbonyl (C=O) groups is 1. The van der Waals surface area contributed by atoms with E-state index < -0.39 is 5.97 Å². The summed E-state index contributed by atoms with van der Waals surface area (Å²) in [4.78, 5) is 12.5. The minimum Gasteiger partial charge on any atom is -0.481 e. The average Bonchev–Trinajstić information content (AvgIpc) is 2.13. The van der Waals surface area contributed by atoms with Crippen molar-refractivity contribution in [1.82, 2.24) is 4.90 Å². The first-order valence-electron chi connectivity index (χ1n) is 4.96. The molecule has 1 fully saturated rings. The summed E-state index contributed by atoms with van der Waals surface area (Å²) in [6.07, 6.45) is 0. The van der Waals surface area contributed by atoms with E-state index in [9.17, 15) is 9.18 Å². The van der Waals surface area contributed by atoms with Gasteiger partial charge in [-0.1, -0.05) is 22.0 Å². The van der Waals surface area contributed by atoms with Crippen LogP contribution in [0.3, 0.4) is 0 Å². The zero-order valence-corrected chi connectivity index (χ0v) is 10.1. The van der Waals surface area contributed by atoms with Gasteiger partial charge in [0.05, 0.1) is 5.92 Å². The Balaban J connectivity index is 1.99. The zero-order chi connectivity index (χ0) is 11.7. The van der Waals surface area contributed by atoms with Gasteiger partial charge in [-0.15, -0.1) is 0 Å². The van der Waals surface area contributed by atoms with Gasteiger partial charge in [-0.2, -0.15) is 0 Å². The lowest BCUT2D eigenvalue weighted by Gasteiger charge is -2.36. The lowest BCUT2D eigenvalue weighted by molar-refractivity contribution is -0.147. The number of nitrogens with zero attached hydrogens (tertiary/aromatic N) is 1. The van der Waals surface area contributed by atoms with Gasteiger partial charge in [-0.25, -0.2) is 4.39 Å². The van der Waals surface area contributed by atoms with Crippen molar-refractivity contribution in [1.29, 1.82) is 0 Å². The van der Waals surface area contributed by atoms with E-state index in [0.717, 1.165) is 4.47 Å². The summed E-state index contributed by atoms with van der Waals surface area (Å²) < 4.78 is 14.2. The van der Waals surface area contributed by atoms with E-state index >= 15 is 0 Å². The highest BCUT2D eigenvalue weighted by molar-refractivity contribution is 9.10. The van der Waals surface area contributed by atoms with Gasteiger partial charge >= 0.3 is 5.97 Å². The van der Waals surface area contributed by atoms with Crippen LogP contribution in [0.4, 0.5) is 4.39 Å². The molecule has 1 aliphatic heterocycles. The first-order chi connectivity index (χ1) is 7.58. The minimum atomic E-state index is -0.774. The van der Waals surface area contributed by atoms with Crippen LogP contribution in [-0.4, -0.2) is 29.1 Å². The van der Waals surface area contributed by atoms with Gasteiger partial charge < -0.3 is 5.11 Å². The highest BCUT2D eigenvalue weighted by Crippen LogP contribution is 2.25. The molecule has 1 saturated heterocycles. The second-order valence-corrected chi connectivity index (χ2v) is 4.78. The fourth-order valence-electron chi connectivity index (χ4n) is 1.76. The summed E-state index contributed by atoms with van der Waals surface area (Å²) in [7, 11) is 0. The molecule has 0 radical (unpaired) electrons. The Bertz CT molecular complexity index is 398. The SMILES string of the molecule is O=C(O)C1CN(Cc2c(F)cccc2Br)C1. The first-order valence-corrected chi connectivity index (χ1v) is 5.75. The topological polar surface area (TPSA) is 40.5 Å². The van der Waals surface area contributed by atoms with E-state index in [1.807, 2.05) is 4.90 Å². The normalized spacial score (nSPS) is 17.1. The van der Waals surface area contributed by atoms with Gasteiger partial charge in [0.25, 0.3) is 0 Å². The van der Waals surface area contributed by atoms with Gasteiger partial charge in [0, 0.05) is 29.7 Å². The number of halogens is 2. The van der Waals surface area contributed by atoms with E-state index in [0.29, 0.717) is 25.2 Å². The number of hydrogen-bond acceptors (Lipinski definition) is 2. The van der Waals surface area contributed by atoms with E-state index in [4.69, 9.17) is 5.11 Å². The van der Waals surface area contributed by atoms with Crippen LogP contribution in [0.1, 0.15) is 5.56 Å². The number of benzene rings is 1. The maximum atomic E-state index is 13.5. The average molecular weight is 288 g/mol. The van der Waals surface area contributed by atoms with Crippen molar-refractivity contribution in [3.8, 4) is 0 Å². The van der Waals surface area contributed by atoms with Crippen molar-refractivity contribution in [3.05, 3.63) is 34.1 Å². The molecule has 0 amide bonds. The predicted molar refractivity (Wildman–Crippen MR) is 60.5 cm³/mol. The first kappa shape index (κ1) is 11.5. The lowest BCUT2D eigenvalue weighted by Crippen LogP contribution is -2.49. The maximum absolute atomic E-state index is 13.5. The number of aliphatic carboxylic acids is 1. The molecule has 5 heteroatoms. The van der Waals surface area contributed by atoms with Gasteiger partial charge in [0.15, 0.2) is 0 Å². The summed E-state index contributed by atoms with van der Waals surface area (Å²) in [6.45, 7) is 1.45. The molecular weight excluding hydrogens is 277 g/mol. The van der Waals surface area contributed by atoms with E-state index in [1.54, 1.807) is 12.1 Å². The van der Waals surface area contributed by atoms with Crippen molar-refractivity contribution >= 4 is 21.9 Å². The Labute approximate surface area is 101 Å². The van der Waals surface area contributed by atoms with Crippen LogP contribution in [0.5, 0.6) is 0 Å². The maximum Gasteiger partial charge on any atom is 0.309 e. The second-order valence-electron chi connectivity index (χ2n) is 3.93. The quantitative estimate of drug-likeness (QED) is 0.926. The molecule has 2 rings (SSSR count). The number of carboxylic acids is 1. The lowest BCUT2D eigenvalue weighted by atomic mass is 9.99. The molecule has 86 valence electrons. The largest absolute Gasteiger partial charge is 0.481 e. The summed E-state index contributed by atoms with van der Waals surface area (Å²) in [5.41, 5.74) is 0.589. The van der Waals surface area contributed by atoms with Crippen LogP contribution >= 0.6 is 15.9 Å². The van der Waals surface area contributed by atoms with Crippen LogP contribution in [0.15, 0.2) is 22.7 Å². The summed E-state index contributed by atoms with van der Waals surface area (Å²) in [5, 5.41) is 8.72. The van der Waals surface area contributed by atoms with Crippen molar-refractivity contribution in [3.63, 3.8) is 0 Å². The van der Waals surface area contributed by atoms with E-state index in [2.05, 4.69) is 15.9 Å². The van der Waals surface area contributed by atoms with Crippen molar-refractivity contribution in [2.75, 3.05) is 13.1 Å². The van der Waals surface area contributed by atoms with E-state index in [1.165, 1.54) is 6.07 Å². The fourth-order valence-corrected chi connectivity index (χ4v) is 2.23.